The van der Waals surface area contributed by atoms with Crippen molar-refractivity contribution in [3.05, 3.63) is 94.3 Å². The average Bonchev–Trinajstić information content (AvgIpc) is 2.82. The number of para-hydroxylation sites is 1. The molecule has 0 atom stereocenters. The van der Waals surface area contributed by atoms with E-state index in [2.05, 4.69) is 0 Å². The minimum Gasteiger partial charge on any atom is -0.493 e. The highest BCUT2D eigenvalue weighted by Crippen LogP contribution is 2.20. The molecule has 0 aliphatic heterocycles. The van der Waals surface area contributed by atoms with Crippen LogP contribution in [0.25, 0.3) is 10.9 Å². The molecule has 7 nitrogen and oxygen atoms in total. The monoisotopic (exact) mass is 495 g/mol. The Hall–Kier alpha value is -3.14. The third-order valence-corrected chi connectivity index (χ3v) is 7.18. The van der Waals surface area contributed by atoms with Crippen LogP contribution in [0.3, 0.4) is 0 Å². The van der Waals surface area contributed by atoms with Crippen molar-refractivity contribution in [1.82, 2.24) is 9.55 Å². The van der Waals surface area contributed by atoms with Crippen LogP contribution in [-0.2, 0) is 23.0 Å². The summed E-state index contributed by atoms with van der Waals surface area (Å²) in [5.74, 6) is 1.43. The van der Waals surface area contributed by atoms with Gasteiger partial charge in [-0.3, -0.25) is 9.36 Å². The molecule has 1 heterocycles. The fourth-order valence-electron chi connectivity index (χ4n) is 3.47. The van der Waals surface area contributed by atoms with Gasteiger partial charge in [0.15, 0.2) is 5.16 Å². The fourth-order valence-corrected chi connectivity index (χ4v) is 4.83. The second kappa shape index (κ2) is 10.4. The Morgan fingerprint density at radius 2 is 1.71 bits per heavy atom. The number of hydrogen-bond donors (Lipinski definition) is 1. The van der Waals surface area contributed by atoms with Crippen LogP contribution in [0.2, 0.25) is 0 Å². The van der Waals surface area contributed by atoms with E-state index in [1.54, 1.807) is 22.8 Å². The van der Waals surface area contributed by atoms with Crippen molar-refractivity contribution in [2.45, 2.75) is 29.9 Å². The first-order valence-corrected chi connectivity index (χ1v) is 13.3. The summed E-state index contributed by atoms with van der Waals surface area (Å²) in [5, 5.41) is 6.36. The lowest BCUT2D eigenvalue weighted by Gasteiger charge is -2.14. The highest BCUT2D eigenvalue weighted by molar-refractivity contribution is 7.99. The Labute approximate surface area is 202 Å². The van der Waals surface area contributed by atoms with Gasteiger partial charge in [0.2, 0.25) is 10.0 Å². The van der Waals surface area contributed by atoms with E-state index in [9.17, 15) is 13.2 Å². The summed E-state index contributed by atoms with van der Waals surface area (Å²) in [4.78, 5) is 18.0. The number of thioether (sulfide) groups is 1. The molecule has 2 N–H and O–H groups in total. The van der Waals surface area contributed by atoms with Crippen molar-refractivity contribution >= 4 is 32.7 Å². The van der Waals surface area contributed by atoms with Crippen LogP contribution in [0.1, 0.15) is 11.1 Å². The molecular formula is C25H25N3O4S2. The second-order valence-corrected chi connectivity index (χ2v) is 10.4. The molecule has 0 saturated heterocycles. The van der Waals surface area contributed by atoms with Crippen LogP contribution in [-0.4, -0.2) is 30.3 Å². The smallest absolute Gasteiger partial charge is 0.262 e. The number of aryl methyl sites for hydroxylation is 2. The van der Waals surface area contributed by atoms with Crippen LogP contribution in [0.5, 0.6) is 5.75 Å². The highest BCUT2D eigenvalue weighted by atomic mass is 32.2. The maximum Gasteiger partial charge on any atom is 0.262 e. The third-order valence-electron chi connectivity index (χ3n) is 5.31. The number of sulfonamides is 1. The average molecular weight is 496 g/mol. The predicted molar refractivity (Wildman–Crippen MR) is 135 cm³/mol. The molecule has 3 aromatic carbocycles. The summed E-state index contributed by atoms with van der Waals surface area (Å²) in [5.41, 5.74) is 2.62. The van der Waals surface area contributed by atoms with Gasteiger partial charge in [-0.15, -0.1) is 0 Å². The van der Waals surface area contributed by atoms with Gasteiger partial charge in [-0.1, -0.05) is 53.7 Å². The lowest BCUT2D eigenvalue weighted by molar-refractivity contribution is 0.343. The molecule has 0 spiro atoms. The molecule has 0 radical (unpaired) electrons. The minimum atomic E-state index is -3.74. The lowest BCUT2D eigenvalue weighted by Crippen LogP contribution is -2.24. The molecule has 176 valence electrons. The minimum absolute atomic E-state index is 0.0607. The van der Waals surface area contributed by atoms with Crippen molar-refractivity contribution in [3.8, 4) is 5.75 Å². The van der Waals surface area contributed by atoms with E-state index in [0.717, 1.165) is 11.3 Å². The van der Waals surface area contributed by atoms with Gasteiger partial charge in [0.25, 0.3) is 5.56 Å². The van der Waals surface area contributed by atoms with E-state index in [4.69, 9.17) is 14.9 Å². The SMILES string of the molecule is Cc1ccc(OCCSc2nc3ccccc3c(=O)n2CCc2ccc(S(N)(=O)=O)cc2)cc1. The van der Waals surface area contributed by atoms with Gasteiger partial charge in [0.1, 0.15) is 5.75 Å². The molecule has 4 aromatic rings. The molecule has 4 rings (SSSR count). The summed E-state index contributed by atoms with van der Waals surface area (Å²) in [6.07, 6.45) is 0.540. The zero-order chi connectivity index (χ0) is 24.1. The van der Waals surface area contributed by atoms with Crippen molar-refractivity contribution in [1.29, 1.82) is 0 Å². The first kappa shape index (κ1) is 24.0. The molecule has 0 fully saturated rings. The van der Waals surface area contributed by atoms with Crippen molar-refractivity contribution < 1.29 is 13.2 Å². The topological polar surface area (TPSA) is 104 Å². The maximum atomic E-state index is 13.2. The van der Waals surface area contributed by atoms with Crippen LogP contribution in [0, 0.1) is 6.92 Å². The number of rotatable bonds is 9. The number of aromatic nitrogens is 2. The van der Waals surface area contributed by atoms with Crippen LogP contribution in [0.4, 0.5) is 0 Å². The molecule has 0 aliphatic carbocycles. The van der Waals surface area contributed by atoms with E-state index in [1.165, 1.54) is 29.5 Å². The normalized spacial score (nSPS) is 11.6. The van der Waals surface area contributed by atoms with Crippen molar-refractivity contribution in [2.75, 3.05) is 12.4 Å². The quantitative estimate of drug-likeness (QED) is 0.215. The van der Waals surface area contributed by atoms with E-state index < -0.39 is 10.0 Å². The second-order valence-electron chi connectivity index (χ2n) is 7.82. The molecule has 34 heavy (non-hydrogen) atoms. The molecule has 0 saturated carbocycles. The first-order valence-electron chi connectivity index (χ1n) is 10.7. The van der Waals surface area contributed by atoms with Gasteiger partial charge in [-0.25, -0.2) is 18.5 Å². The zero-order valence-electron chi connectivity index (χ0n) is 18.7. The predicted octanol–water partition coefficient (Wildman–Crippen LogP) is 3.77. The standard InChI is InChI=1S/C25H25N3O4S2/c1-18-6-10-20(11-7-18)32-16-17-33-25-27-23-5-3-2-4-22(23)24(29)28(25)15-14-19-8-12-21(13-9-19)34(26,30)31/h2-13H,14-17H2,1H3,(H2,26,30,31). The van der Waals surface area contributed by atoms with Crippen LogP contribution >= 0.6 is 11.8 Å². The molecule has 9 heteroatoms. The van der Waals surface area contributed by atoms with Gasteiger partial charge < -0.3 is 4.74 Å². The number of hydrogen-bond acceptors (Lipinski definition) is 6. The van der Waals surface area contributed by atoms with Crippen LogP contribution < -0.4 is 15.4 Å². The summed E-state index contributed by atoms with van der Waals surface area (Å²) >= 11 is 1.47. The lowest BCUT2D eigenvalue weighted by atomic mass is 10.1. The fraction of sp³-hybridized carbons (Fsp3) is 0.200. The molecule has 0 unspecified atom stereocenters. The maximum absolute atomic E-state index is 13.2. The van der Waals surface area contributed by atoms with E-state index in [0.29, 0.717) is 41.4 Å². The zero-order valence-corrected chi connectivity index (χ0v) is 20.3. The summed E-state index contributed by atoms with van der Waals surface area (Å²) in [6, 6.07) is 21.5. The van der Waals surface area contributed by atoms with E-state index in [1.807, 2.05) is 49.4 Å². The number of benzene rings is 3. The summed E-state index contributed by atoms with van der Waals surface area (Å²) in [7, 11) is -3.74. The van der Waals surface area contributed by atoms with Gasteiger partial charge >= 0.3 is 0 Å². The Morgan fingerprint density at radius 1 is 1.00 bits per heavy atom. The molecular weight excluding hydrogens is 470 g/mol. The Bertz CT molecular complexity index is 1450. The molecule has 0 bridgehead atoms. The van der Waals surface area contributed by atoms with Crippen molar-refractivity contribution in [3.63, 3.8) is 0 Å². The number of nitrogens with zero attached hydrogens (tertiary/aromatic N) is 2. The Kier molecular flexibility index (Phi) is 7.35. The van der Waals surface area contributed by atoms with E-state index >= 15 is 0 Å². The summed E-state index contributed by atoms with van der Waals surface area (Å²) in [6.45, 7) is 2.91. The summed E-state index contributed by atoms with van der Waals surface area (Å²) < 4.78 is 30.4. The molecule has 1 aromatic heterocycles. The highest BCUT2D eigenvalue weighted by Gasteiger charge is 2.12. The van der Waals surface area contributed by atoms with Gasteiger partial charge in [-0.2, -0.15) is 0 Å². The van der Waals surface area contributed by atoms with Gasteiger partial charge in [0, 0.05) is 12.3 Å². The number of primary sulfonamides is 1. The van der Waals surface area contributed by atoms with E-state index in [-0.39, 0.29) is 10.5 Å². The largest absolute Gasteiger partial charge is 0.493 e. The van der Waals surface area contributed by atoms with Gasteiger partial charge in [0.05, 0.1) is 22.4 Å². The first-order chi connectivity index (χ1) is 16.3. The number of nitrogens with two attached hydrogens (primary N) is 1. The number of ether oxygens (including phenoxy) is 1. The Morgan fingerprint density at radius 3 is 2.41 bits per heavy atom. The van der Waals surface area contributed by atoms with Crippen molar-refractivity contribution in [2.24, 2.45) is 5.14 Å². The van der Waals surface area contributed by atoms with Gasteiger partial charge in [-0.05, 0) is 55.3 Å². The number of fused-ring (bicyclic) bond motifs is 1. The Balaban J connectivity index is 1.51. The van der Waals surface area contributed by atoms with Crippen LogP contribution in [0.15, 0.2) is 87.6 Å². The molecule has 0 aliphatic rings. The molecule has 0 amide bonds. The third kappa shape index (κ3) is 5.85.